The molecule has 1 fully saturated rings. The molecule has 0 saturated carbocycles. The molecule has 240 valence electrons. The van der Waals surface area contributed by atoms with Gasteiger partial charge in [-0.3, -0.25) is 24.3 Å². The van der Waals surface area contributed by atoms with Gasteiger partial charge < -0.3 is 29.7 Å². The van der Waals surface area contributed by atoms with Crippen LogP contribution < -0.4 is 30.4 Å². The molecule has 2 aliphatic rings. The Hall–Kier alpha value is -5.12. The van der Waals surface area contributed by atoms with Gasteiger partial charge in [-0.1, -0.05) is 11.8 Å². The highest BCUT2D eigenvalue weighted by atomic mass is 32.2. The Bertz CT molecular complexity index is 1880. The van der Waals surface area contributed by atoms with Gasteiger partial charge in [-0.05, 0) is 42.8 Å². The maximum absolute atomic E-state index is 14.6. The van der Waals surface area contributed by atoms with E-state index < -0.39 is 29.8 Å². The highest BCUT2D eigenvalue weighted by Gasteiger charge is 2.35. The summed E-state index contributed by atoms with van der Waals surface area (Å²) in [6, 6.07) is 9.43. The van der Waals surface area contributed by atoms with Crippen LogP contribution in [0.25, 0.3) is 5.78 Å². The topological polar surface area (TPSA) is 169 Å². The van der Waals surface area contributed by atoms with Crippen LogP contribution in [0.5, 0.6) is 17.2 Å². The smallest absolute Gasteiger partial charge is 0.274 e. The fourth-order valence-electron chi connectivity index (χ4n) is 5.24. The van der Waals surface area contributed by atoms with Gasteiger partial charge in [-0.2, -0.15) is 9.50 Å². The summed E-state index contributed by atoms with van der Waals surface area (Å²) in [5.74, 6) is -0.730. The number of aromatic amines is 1. The van der Waals surface area contributed by atoms with Gasteiger partial charge in [0.1, 0.15) is 17.7 Å². The van der Waals surface area contributed by atoms with Crippen LogP contribution in [0.2, 0.25) is 0 Å². The number of carbonyl (C=O) groups is 3. The number of methoxy groups -OCH3 is 1. The molecule has 0 aliphatic carbocycles. The summed E-state index contributed by atoms with van der Waals surface area (Å²) in [5, 5.41) is 8.86. The van der Waals surface area contributed by atoms with Crippen molar-refractivity contribution in [3.05, 3.63) is 75.5 Å². The number of carbonyl (C=O) groups excluding carboxylic acids is 3. The third-order valence-corrected chi connectivity index (χ3v) is 8.33. The van der Waals surface area contributed by atoms with Crippen molar-refractivity contribution in [1.29, 1.82) is 0 Å². The second-order valence-corrected chi connectivity index (χ2v) is 11.7. The Morgan fingerprint density at radius 2 is 2.00 bits per heavy atom. The van der Waals surface area contributed by atoms with Gasteiger partial charge in [0.15, 0.2) is 23.3 Å². The zero-order valence-corrected chi connectivity index (χ0v) is 25.7. The van der Waals surface area contributed by atoms with Crippen LogP contribution >= 0.6 is 11.8 Å². The van der Waals surface area contributed by atoms with E-state index in [4.69, 9.17) is 14.2 Å². The summed E-state index contributed by atoms with van der Waals surface area (Å²) in [7, 11) is 1.44. The van der Waals surface area contributed by atoms with E-state index in [1.807, 2.05) is 0 Å². The molecular formula is C30H30FN7O7S. The quantitative estimate of drug-likeness (QED) is 0.275. The van der Waals surface area contributed by atoms with E-state index in [1.54, 1.807) is 30.0 Å². The molecule has 4 bridgehead atoms. The molecule has 0 spiro atoms. The zero-order valence-electron chi connectivity index (χ0n) is 24.9. The van der Waals surface area contributed by atoms with Crippen molar-refractivity contribution < 1.29 is 33.0 Å². The summed E-state index contributed by atoms with van der Waals surface area (Å²) >= 11 is 1.13. The number of hydrogen-bond acceptors (Lipinski definition) is 10. The number of hydrogen-bond donors (Lipinski definition) is 3. The predicted octanol–water partition coefficient (Wildman–Crippen LogP) is 1.45. The number of H-pyrrole nitrogens is 1. The van der Waals surface area contributed by atoms with Crippen molar-refractivity contribution >= 4 is 35.3 Å². The monoisotopic (exact) mass is 651 g/mol. The van der Waals surface area contributed by atoms with Crippen LogP contribution in [-0.4, -0.2) is 86.9 Å². The summed E-state index contributed by atoms with van der Waals surface area (Å²) in [4.78, 5) is 61.6. The number of halogens is 1. The highest BCUT2D eigenvalue weighted by molar-refractivity contribution is 7.99. The van der Waals surface area contributed by atoms with Gasteiger partial charge in [0.2, 0.25) is 5.91 Å². The van der Waals surface area contributed by atoms with Crippen molar-refractivity contribution in [3.63, 3.8) is 0 Å². The molecule has 4 heterocycles. The summed E-state index contributed by atoms with van der Waals surface area (Å²) in [6.07, 6.45) is -0.271. The number of aromatic nitrogens is 4. The number of piperidine rings is 1. The van der Waals surface area contributed by atoms with E-state index in [0.29, 0.717) is 35.1 Å². The number of nitrogens with one attached hydrogen (secondary N) is 3. The van der Waals surface area contributed by atoms with Gasteiger partial charge in [-0.15, -0.1) is 0 Å². The van der Waals surface area contributed by atoms with E-state index in [-0.39, 0.29) is 59.8 Å². The lowest BCUT2D eigenvalue weighted by Crippen LogP contribution is -2.58. The van der Waals surface area contributed by atoms with Crippen LogP contribution in [0.15, 0.2) is 52.4 Å². The number of rotatable bonds is 4. The summed E-state index contributed by atoms with van der Waals surface area (Å²) in [6.45, 7) is 1.80. The van der Waals surface area contributed by atoms with E-state index in [0.717, 1.165) is 11.8 Å². The molecular weight excluding hydrogens is 621 g/mol. The number of likely N-dealkylation sites (tertiary alicyclic amines) is 1. The second-order valence-electron chi connectivity index (χ2n) is 10.8. The van der Waals surface area contributed by atoms with Gasteiger partial charge in [-0.25, -0.2) is 9.37 Å². The molecule has 3 N–H and O–H groups in total. The van der Waals surface area contributed by atoms with E-state index in [9.17, 15) is 23.6 Å². The molecule has 6 rings (SSSR count). The summed E-state index contributed by atoms with van der Waals surface area (Å²) < 4.78 is 33.0. The van der Waals surface area contributed by atoms with Crippen molar-refractivity contribution in [2.75, 3.05) is 32.6 Å². The van der Waals surface area contributed by atoms with Gasteiger partial charge >= 0.3 is 0 Å². The lowest BCUT2D eigenvalue weighted by atomic mass is 10.0. The average molecular weight is 652 g/mol. The molecule has 1 saturated heterocycles. The Balaban J connectivity index is 1.23. The van der Waals surface area contributed by atoms with E-state index in [1.165, 1.54) is 35.9 Å². The standard InChI is InChI=1S/C30H30FN7O7S/c1-16-7-26(40)38-29(33-16)35-30(36-38)46-15-27(41)37-6-5-22-21(13-37)34-28(42)18-3-4-23(43-2)24(10-18)44-14-25(39)32-12-17-8-19(31)11-20(9-17)45-22/h3-4,7-11,21-22H,5-6,12-15H2,1-2H3,(H,32,39)(H,34,42)(H,33,35,36)/t21-,22+/m0/s1. The molecule has 16 heteroatoms. The minimum atomic E-state index is -0.669. The van der Waals surface area contributed by atoms with Crippen molar-refractivity contribution in [1.82, 2.24) is 35.1 Å². The number of ether oxygens (including phenoxy) is 3. The minimum Gasteiger partial charge on any atom is -0.493 e. The third kappa shape index (κ3) is 6.91. The number of benzene rings is 2. The maximum atomic E-state index is 14.6. The number of amides is 3. The normalized spacial score (nSPS) is 18.5. The molecule has 2 aromatic carbocycles. The average Bonchev–Trinajstić information content (AvgIpc) is 3.45. The molecule has 4 aromatic rings. The third-order valence-electron chi connectivity index (χ3n) is 7.48. The van der Waals surface area contributed by atoms with Gasteiger partial charge in [0.25, 0.3) is 23.2 Å². The molecule has 0 radical (unpaired) electrons. The fraction of sp³-hybridized carbons (Fsp3) is 0.333. The van der Waals surface area contributed by atoms with Crippen molar-refractivity contribution in [2.45, 2.75) is 37.2 Å². The first-order chi connectivity index (χ1) is 22.1. The minimum absolute atomic E-state index is 0.0118. The first kappa shape index (κ1) is 30.9. The second kappa shape index (κ2) is 13.1. The largest absolute Gasteiger partial charge is 0.493 e. The fourth-order valence-corrected chi connectivity index (χ4v) is 5.98. The first-order valence-electron chi connectivity index (χ1n) is 14.4. The number of aryl methyl sites for hydroxylation is 1. The highest BCUT2D eigenvalue weighted by Crippen LogP contribution is 2.29. The lowest BCUT2D eigenvalue weighted by Gasteiger charge is -2.39. The number of thioether (sulfide) groups is 1. The molecule has 2 aliphatic heterocycles. The van der Waals surface area contributed by atoms with Crippen LogP contribution in [0.1, 0.15) is 28.0 Å². The Morgan fingerprint density at radius 3 is 2.83 bits per heavy atom. The number of fused-ring (bicyclic) bond motifs is 6. The van der Waals surface area contributed by atoms with Crippen LogP contribution in [0.4, 0.5) is 4.39 Å². The van der Waals surface area contributed by atoms with Crippen LogP contribution in [-0.2, 0) is 16.1 Å². The van der Waals surface area contributed by atoms with E-state index in [2.05, 4.69) is 25.7 Å². The van der Waals surface area contributed by atoms with Crippen molar-refractivity contribution in [3.8, 4) is 17.2 Å². The van der Waals surface area contributed by atoms with Gasteiger partial charge in [0.05, 0.1) is 18.9 Å². The van der Waals surface area contributed by atoms with Crippen LogP contribution in [0, 0.1) is 12.7 Å². The molecule has 0 unspecified atom stereocenters. The molecule has 14 nitrogen and oxygen atoms in total. The molecule has 2 atom stereocenters. The molecule has 3 amide bonds. The maximum Gasteiger partial charge on any atom is 0.274 e. The summed E-state index contributed by atoms with van der Waals surface area (Å²) in [5.41, 5.74) is 0.929. The Labute approximate surface area is 265 Å². The Morgan fingerprint density at radius 1 is 1.15 bits per heavy atom. The lowest BCUT2D eigenvalue weighted by molar-refractivity contribution is -0.130. The number of nitrogens with zero attached hydrogens (tertiary/aromatic N) is 4. The first-order valence-corrected chi connectivity index (χ1v) is 15.4. The molecule has 2 aromatic heterocycles. The zero-order chi connectivity index (χ0) is 32.4. The Kier molecular flexibility index (Phi) is 8.78. The predicted molar refractivity (Wildman–Crippen MR) is 163 cm³/mol. The SMILES string of the molecule is COc1ccc2cc1OCC(=O)NCc1cc(F)cc(c1)O[C@@H]1CCN(C(=O)CSc3nc4nc(C)cc(=O)n4[nH]3)C[C@@H]1NC2=O. The molecule has 46 heavy (non-hydrogen) atoms. The van der Waals surface area contributed by atoms with Crippen LogP contribution in [0.3, 0.4) is 0 Å². The van der Waals surface area contributed by atoms with Crippen molar-refractivity contribution in [2.24, 2.45) is 0 Å². The van der Waals surface area contributed by atoms with Gasteiger partial charge in [0, 0.05) is 49.4 Å². The van der Waals surface area contributed by atoms with E-state index >= 15 is 0 Å².